The van der Waals surface area contributed by atoms with Gasteiger partial charge < -0.3 is 4.74 Å². The van der Waals surface area contributed by atoms with Crippen LogP contribution in [0, 0.1) is 0 Å². The average molecular weight is 867 g/mol. The second-order valence-corrected chi connectivity index (χ2v) is 20.2. The van der Waals surface area contributed by atoms with Gasteiger partial charge in [0.25, 0.3) is 0 Å². The summed E-state index contributed by atoms with van der Waals surface area (Å²) in [6.07, 6.45) is -16.3. The molecule has 0 aromatic heterocycles. The zero-order valence-corrected chi connectivity index (χ0v) is 28.5. The number of ether oxygens (including phenoxy) is 1. The van der Waals surface area contributed by atoms with Crippen LogP contribution in [0.25, 0.3) is 10.8 Å². The van der Waals surface area contributed by atoms with E-state index in [0.29, 0.717) is 18.9 Å². The zero-order chi connectivity index (χ0) is 41.3. The maximum Gasteiger partial charge on any atom is 0.460 e. The SMILES string of the molecule is CCCCOc1ccc(S2(C(S(=O)(=O)C(F)(F)C(F)(F)C(F)(F)C(F)(F)F)S(=O)(=O)C(F)(F)C(F)(F)C(F)(F)C(F)(F)F)CCCC2)c2ccccc12. The molecule has 1 saturated heterocycles. The third-order valence-corrected chi connectivity index (χ3v) is 20.3. The molecule has 0 aliphatic carbocycles. The molecule has 0 unspecified atom stereocenters. The summed E-state index contributed by atoms with van der Waals surface area (Å²) in [7, 11) is -22.9. The normalized spacial score (nSPS) is 18.1. The number of rotatable bonds is 14. The Morgan fingerprint density at radius 3 is 1.38 bits per heavy atom. The van der Waals surface area contributed by atoms with Crippen molar-refractivity contribution in [2.75, 3.05) is 18.1 Å². The smallest absolute Gasteiger partial charge is 0.460 e. The largest absolute Gasteiger partial charge is 0.493 e. The van der Waals surface area contributed by atoms with E-state index in [2.05, 4.69) is 0 Å². The first kappa shape index (κ1) is 44.9. The van der Waals surface area contributed by atoms with Crippen molar-refractivity contribution in [1.29, 1.82) is 0 Å². The third-order valence-electron chi connectivity index (χ3n) is 8.13. The first-order chi connectivity index (χ1) is 23.6. The van der Waals surface area contributed by atoms with Gasteiger partial charge in [-0.05, 0) is 48.3 Å². The van der Waals surface area contributed by atoms with Crippen molar-refractivity contribution in [1.82, 2.24) is 0 Å². The van der Waals surface area contributed by atoms with Crippen LogP contribution in [-0.2, 0) is 19.7 Å². The van der Waals surface area contributed by atoms with Crippen molar-refractivity contribution in [3.63, 3.8) is 0 Å². The van der Waals surface area contributed by atoms with E-state index in [4.69, 9.17) is 4.74 Å². The summed E-state index contributed by atoms with van der Waals surface area (Å²) >= 11 is 0. The molecule has 306 valence electrons. The van der Waals surface area contributed by atoms with Gasteiger partial charge in [0.2, 0.25) is 23.6 Å². The number of unbranched alkanes of at least 4 members (excludes halogenated alkanes) is 1. The van der Waals surface area contributed by atoms with E-state index in [1.165, 1.54) is 6.07 Å². The number of sulfone groups is 2. The first-order valence-electron chi connectivity index (χ1n) is 14.4. The lowest BCUT2D eigenvalue weighted by molar-refractivity contribution is -0.382. The second kappa shape index (κ2) is 13.6. The zero-order valence-electron chi connectivity index (χ0n) is 26.1. The lowest BCUT2D eigenvalue weighted by Gasteiger charge is -2.46. The van der Waals surface area contributed by atoms with Crippen LogP contribution in [0.3, 0.4) is 0 Å². The van der Waals surface area contributed by atoms with E-state index < -0.39 is 115 Å². The summed E-state index contributed by atoms with van der Waals surface area (Å²) in [6, 6.07) is 5.36. The Morgan fingerprint density at radius 2 is 1.00 bits per heavy atom. The third kappa shape index (κ3) is 6.46. The van der Waals surface area contributed by atoms with Gasteiger partial charge in [0.05, 0.1) is 6.61 Å². The van der Waals surface area contributed by atoms with Crippen molar-refractivity contribution in [2.45, 2.75) is 88.0 Å². The molecule has 26 heteroatoms. The van der Waals surface area contributed by atoms with Crippen LogP contribution in [0.15, 0.2) is 41.3 Å². The number of fused-ring (bicyclic) bond motifs is 1. The Bertz CT molecular complexity index is 1800. The van der Waals surface area contributed by atoms with Crippen LogP contribution in [0.4, 0.5) is 79.0 Å². The Balaban J connectivity index is 2.61. The van der Waals surface area contributed by atoms with E-state index in [-0.39, 0.29) is 17.7 Å². The highest BCUT2D eigenvalue weighted by atomic mass is 32.3. The van der Waals surface area contributed by atoms with Gasteiger partial charge in [-0.25, -0.2) is 16.8 Å². The van der Waals surface area contributed by atoms with Gasteiger partial charge >= 0.3 is 46.6 Å². The minimum atomic E-state index is -8.86. The Kier molecular flexibility index (Phi) is 11.5. The second-order valence-electron chi connectivity index (χ2n) is 11.6. The molecular formula is C27H24F18O5S3. The van der Waals surface area contributed by atoms with Crippen LogP contribution in [-0.4, -0.2) is 85.4 Å². The molecule has 0 amide bonds. The van der Waals surface area contributed by atoms with Gasteiger partial charge in [0, 0.05) is 10.3 Å². The van der Waals surface area contributed by atoms with Crippen molar-refractivity contribution >= 4 is 40.5 Å². The molecule has 5 nitrogen and oxygen atoms in total. The quantitative estimate of drug-likeness (QED) is 0.140. The molecule has 0 saturated carbocycles. The van der Waals surface area contributed by atoms with Crippen molar-refractivity contribution < 1.29 is 101 Å². The van der Waals surface area contributed by atoms with Crippen LogP contribution in [0.1, 0.15) is 32.6 Å². The maximum atomic E-state index is 15.4. The van der Waals surface area contributed by atoms with E-state index >= 15 is 17.6 Å². The first-order valence-corrected chi connectivity index (χ1v) is 19.5. The summed E-state index contributed by atoms with van der Waals surface area (Å²) in [4.78, 5) is -1.09. The number of halogens is 18. The monoisotopic (exact) mass is 866 g/mol. The molecule has 1 fully saturated rings. The van der Waals surface area contributed by atoms with E-state index in [1.54, 1.807) is 6.92 Å². The predicted octanol–water partition coefficient (Wildman–Crippen LogP) is 9.94. The number of hydrogen-bond acceptors (Lipinski definition) is 5. The molecule has 0 atom stereocenters. The predicted molar refractivity (Wildman–Crippen MR) is 153 cm³/mol. The van der Waals surface area contributed by atoms with Gasteiger partial charge in [-0.2, -0.15) is 89.1 Å². The maximum absolute atomic E-state index is 15.4. The number of hydrogen-bond donors (Lipinski definition) is 0. The summed E-state index contributed by atoms with van der Waals surface area (Å²) in [5, 5.41) is -17.3. The van der Waals surface area contributed by atoms with Crippen LogP contribution in [0.5, 0.6) is 5.75 Å². The number of alkyl halides is 18. The minimum absolute atomic E-state index is 0.104. The summed E-state index contributed by atoms with van der Waals surface area (Å²) in [5.74, 6) is -36.2. The lowest BCUT2D eigenvalue weighted by Crippen LogP contribution is -2.68. The molecule has 1 aliphatic heterocycles. The highest BCUT2D eigenvalue weighted by Gasteiger charge is 2.90. The fraction of sp³-hybridized carbons (Fsp3) is 0.630. The average Bonchev–Trinajstić information content (AvgIpc) is 3.49. The summed E-state index contributed by atoms with van der Waals surface area (Å²) in [5.41, 5.74) is 0. The summed E-state index contributed by atoms with van der Waals surface area (Å²) in [6.45, 7) is 1.58. The summed E-state index contributed by atoms with van der Waals surface area (Å²) < 4.78 is 308. The van der Waals surface area contributed by atoms with Gasteiger partial charge in [0.15, 0.2) is 0 Å². The highest BCUT2D eigenvalue weighted by molar-refractivity contribution is 8.46. The highest BCUT2D eigenvalue weighted by Crippen LogP contribution is 2.72. The molecule has 2 aromatic rings. The van der Waals surface area contributed by atoms with Crippen LogP contribution < -0.4 is 4.74 Å². The fourth-order valence-electron chi connectivity index (χ4n) is 5.36. The lowest BCUT2D eigenvalue weighted by atomic mass is 10.1. The van der Waals surface area contributed by atoms with Crippen LogP contribution >= 0.6 is 10.0 Å². The standard InChI is InChI=1S/C27H24F18O5S3/c1-2-3-12-50-17-10-11-18(16-9-5-4-8-15(16)17)51(13-6-7-14-51)19(52(46,47)26(42,43)22(32,33)20(28,29)24(36,37)38)53(48,49)27(44,45)23(34,35)21(30,31)25(39,40)41/h4-5,8-11,19H,2-3,6-7,12-14H2,1H3. The Morgan fingerprint density at radius 1 is 0.604 bits per heavy atom. The molecule has 53 heavy (non-hydrogen) atoms. The molecule has 1 aliphatic rings. The molecule has 0 radical (unpaired) electrons. The molecule has 2 aromatic carbocycles. The molecule has 1 heterocycles. The fourth-order valence-corrected chi connectivity index (χ4v) is 18.9. The molecule has 0 N–H and O–H groups in total. The van der Waals surface area contributed by atoms with E-state index in [0.717, 1.165) is 24.3 Å². The minimum Gasteiger partial charge on any atom is -0.493 e. The van der Waals surface area contributed by atoms with Gasteiger partial charge in [-0.3, -0.25) is 0 Å². The van der Waals surface area contributed by atoms with Gasteiger partial charge in [-0.15, -0.1) is 0 Å². The van der Waals surface area contributed by atoms with Crippen molar-refractivity contribution in [2.24, 2.45) is 0 Å². The van der Waals surface area contributed by atoms with Crippen molar-refractivity contribution in [3.05, 3.63) is 36.4 Å². The molecular weight excluding hydrogens is 842 g/mol. The Labute approximate surface area is 289 Å². The van der Waals surface area contributed by atoms with Gasteiger partial charge in [0.1, 0.15) is 5.75 Å². The number of benzene rings is 2. The molecule has 0 bridgehead atoms. The molecule has 3 rings (SSSR count). The van der Waals surface area contributed by atoms with E-state index in [1.807, 2.05) is 0 Å². The topological polar surface area (TPSA) is 77.5 Å². The van der Waals surface area contributed by atoms with E-state index in [9.17, 15) is 78.3 Å². The molecule has 0 spiro atoms. The van der Waals surface area contributed by atoms with Crippen LogP contribution in [0.2, 0.25) is 0 Å². The van der Waals surface area contributed by atoms with Crippen molar-refractivity contribution in [3.8, 4) is 5.75 Å². The Hall–Kier alpha value is -2.51. The van der Waals surface area contributed by atoms with Gasteiger partial charge in [-0.1, -0.05) is 37.6 Å².